The normalized spacial score (nSPS) is 14.0. The van der Waals surface area contributed by atoms with Crippen LogP contribution in [0.25, 0.3) is 0 Å². The largest absolute Gasteiger partial charge is 0.304 e. The summed E-state index contributed by atoms with van der Waals surface area (Å²) in [4.78, 5) is 0. The molecule has 2 heteroatoms. The van der Waals surface area contributed by atoms with Crippen molar-refractivity contribution in [1.82, 2.24) is 5.32 Å². The van der Waals surface area contributed by atoms with E-state index >= 15 is 0 Å². The highest BCUT2D eigenvalue weighted by Crippen LogP contribution is 2.26. The van der Waals surface area contributed by atoms with Crippen LogP contribution < -0.4 is 5.32 Å². The summed E-state index contributed by atoms with van der Waals surface area (Å²) in [5.41, 5.74) is 6.81. The van der Waals surface area contributed by atoms with Crippen LogP contribution in [0.5, 0.6) is 0 Å². The molecule has 0 fully saturated rings. The first-order valence-electron chi connectivity index (χ1n) is 7.47. The van der Waals surface area contributed by atoms with Crippen molar-refractivity contribution in [3.8, 4) is 0 Å². The van der Waals surface area contributed by atoms with Crippen molar-refractivity contribution >= 4 is 15.9 Å². The third kappa shape index (κ3) is 3.96. The SMILES string of the molecule is Cc1cc(C)c(C(C)N[C@H](C)c2ccc(Br)cc2)c(C)c1. The van der Waals surface area contributed by atoms with Gasteiger partial charge in [0.15, 0.2) is 0 Å². The molecule has 0 bridgehead atoms. The maximum atomic E-state index is 3.72. The van der Waals surface area contributed by atoms with Crippen LogP contribution in [0.1, 0.15) is 53.7 Å². The molecule has 2 aromatic rings. The van der Waals surface area contributed by atoms with Gasteiger partial charge in [-0.3, -0.25) is 0 Å². The number of benzene rings is 2. The van der Waals surface area contributed by atoms with Gasteiger partial charge < -0.3 is 5.32 Å². The molecule has 21 heavy (non-hydrogen) atoms. The fraction of sp³-hybridized carbons (Fsp3) is 0.368. The summed E-state index contributed by atoms with van der Waals surface area (Å²) >= 11 is 3.49. The Hall–Kier alpha value is -1.12. The van der Waals surface area contributed by atoms with Crippen LogP contribution in [-0.2, 0) is 0 Å². The molecule has 0 saturated heterocycles. The summed E-state index contributed by atoms with van der Waals surface area (Å²) in [6, 6.07) is 13.7. The molecule has 2 aromatic carbocycles. The van der Waals surface area contributed by atoms with Crippen LogP contribution in [0.4, 0.5) is 0 Å². The van der Waals surface area contributed by atoms with E-state index in [1.165, 1.54) is 27.8 Å². The van der Waals surface area contributed by atoms with E-state index in [-0.39, 0.29) is 0 Å². The van der Waals surface area contributed by atoms with Crippen molar-refractivity contribution < 1.29 is 0 Å². The first-order valence-corrected chi connectivity index (χ1v) is 8.27. The number of rotatable bonds is 4. The number of aryl methyl sites for hydroxylation is 3. The highest BCUT2D eigenvalue weighted by molar-refractivity contribution is 9.10. The summed E-state index contributed by atoms with van der Waals surface area (Å²) in [6.07, 6.45) is 0. The van der Waals surface area contributed by atoms with Crippen molar-refractivity contribution in [2.24, 2.45) is 0 Å². The van der Waals surface area contributed by atoms with Crippen LogP contribution in [0.3, 0.4) is 0 Å². The monoisotopic (exact) mass is 345 g/mol. The minimum atomic E-state index is 0.327. The lowest BCUT2D eigenvalue weighted by molar-refractivity contribution is 0.491. The summed E-state index contributed by atoms with van der Waals surface area (Å²) < 4.78 is 1.12. The minimum absolute atomic E-state index is 0.327. The van der Waals surface area contributed by atoms with Gasteiger partial charge in [0.1, 0.15) is 0 Å². The van der Waals surface area contributed by atoms with Gasteiger partial charge in [0.05, 0.1) is 0 Å². The summed E-state index contributed by atoms with van der Waals surface area (Å²) in [7, 11) is 0. The molecule has 0 aromatic heterocycles. The number of nitrogens with one attached hydrogen (secondary N) is 1. The Balaban J connectivity index is 2.18. The summed E-state index contributed by atoms with van der Waals surface area (Å²) in [6.45, 7) is 11.0. The Kier molecular flexibility index (Phi) is 5.23. The molecule has 1 nitrogen and oxygen atoms in total. The van der Waals surface area contributed by atoms with Gasteiger partial charge in [-0.2, -0.15) is 0 Å². The molecule has 2 rings (SSSR count). The molecule has 0 aliphatic rings. The number of hydrogen-bond donors (Lipinski definition) is 1. The van der Waals surface area contributed by atoms with Crippen molar-refractivity contribution in [1.29, 1.82) is 0 Å². The van der Waals surface area contributed by atoms with Gasteiger partial charge >= 0.3 is 0 Å². The second-order valence-electron chi connectivity index (χ2n) is 5.97. The van der Waals surface area contributed by atoms with Crippen LogP contribution in [0.15, 0.2) is 40.9 Å². The van der Waals surface area contributed by atoms with Crippen molar-refractivity contribution in [2.75, 3.05) is 0 Å². The smallest absolute Gasteiger partial charge is 0.0302 e. The summed E-state index contributed by atoms with van der Waals surface area (Å²) in [5.74, 6) is 0. The molecule has 0 saturated carbocycles. The van der Waals surface area contributed by atoms with E-state index in [1.54, 1.807) is 0 Å². The molecule has 112 valence electrons. The van der Waals surface area contributed by atoms with E-state index in [0.717, 1.165) is 4.47 Å². The lowest BCUT2D eigenvalue weighted by Crippen LogP contribution is -2.23. The van der Waals surface area contributed by atoms with Crippen molar-refractivity contribution in [3.63, 3.8) is 0 Å². The van der Waals surface area contributed by atoms with Crippen molar-refractivity contribution in [3.05, 3.63) is 68.7 Å². The van der Waals surface area contributed by atoms with E-state index < -0.39 is 0 Å². The minimum Gasteiger partial charge on any atom is -0.304 e. The zero-order valence-corrected chi connectivity index (χ0v) is 15.1. The van der Waals surface area contributed by atoms with Crippen molar-refractivity contribution in [2.45, 2.75) is 46.7 Å². The van der Waals surface area contributed by atoms with Gasteiger partial charge in [-0.05, 0) is 69.0 Å². The molecule has 0 radical (unpaired) electrons. The topological polar surface area (TPSA) is 12.0 Å². The van der Waals surface area contributed by atoms with Gasteiger partial charge in [0, 0.05) is 16.6 Å². The fourth-order valence-corrected chi connectivity index (χ4v) is 3.44. The third-order valence-corrected chi connectivity index (χ3v) is 4.57. The van der Waals surface area contributed by atoms with Crippen LogP contribution >= 0.6 is 15.9 Å². The third-order valence-electron chi connectivity index (χ3n) is 4.04. The maximum absolute atomic E-state index is 3.72. The molecular weight excluding hydrogens is 322 g/mol. The van der Waals surface area contributed by atoms with Crippen LogP contribution in [0, 0.1) is 20.8 Å². The lowest BCUT2D eigenvalue weighted by Gasteiger charge is -2.24. The standard InChI is InChI=1S/C19H24BrN/c1-12-10-13(2)19(14(3)11-12)16(5)21-15(4)17-6-8-18(20)9-7-17/h6-11,15-16,21H,1-5H3/t15-,16?/m1/s1. The zero-order valence-electron chi connectivity index (χ0n) is 13.5. The average molecular weight is 346 g/mol. The van der Waals surface area contributed by atoms with Gasteiger partial charge in [-0.15, -0.1) is 0 Å². The van der Waals surface area contributed by atoms with Gasteiger partial charge in [0.2, 0.25) is 0 Å². The summed E-state index contributed by atoms with van der Waals surface area (Å²) in [5, 5.41) is 3.72. The first kappa shape index (κ1) is 16.3. The fourth-order valence-electron chi connectivity index (χ4n) is 3.18. The second-order valence-corrected chi connectivity index (χ2v) is 6.89. The molecule has 0 aliphatic heterocycles. The number of halogens is 1. The Morgan fingerprint density at radius 1 is 0.857 bits per heavy atom. The highest BCUT2D eigenvalue weighted by atomic mass is 79.9. The predicted octanol–water partition coefficient (Wildman–Crippen LogP) is 5.79. The lowest BCUT2D eigenvalue weighted by atomic mass is 9.94. The Morgan fingerprint density at radius 3 is 1.90 bits per heavy atom. The Bertz CT molecular complexity index is 593. The molecule has 0 spiro atoms. The molecule has 0 aliphatic carbocycles. The second kappa shape index (κ2) is 6.76. The van der Waals surface area contributed by atoms with E-state index in [1.807, 2.05) is 0 Å². The number of hydrogen-bond acceptors (Lipinski definition) is 1. The molecule has 2 atom stereocenters. The molecule has 0 amide bonds. The van der Waals surface area contributed by atoms with E-state index in [4.69, 9.17) is 0 Å². The van der Waals surface area contributed by atoms with E-state index in [0.29, 0.717) is 12.1 Å². The van der Waals surface area contributed by atoms with Crippen LogP contribution in [0.2, 0.25) is 0 Å². The van der Waals surface area contributed by atoms with Gasteiger partial charge in [-0.1, -0.05) is 45.8 Å². The molecular formula is C19H24BrN. The highest BCUT2D eigenvalue weighted by Gasteiger charge is 2.15. The van der Waals surface area contributed by atoms with E-state index in [9.17, 15) is 0 Å². The quantitative estimate of drug-likeness (QED) is 0.739. The van der Waals surface area contributed by atoms with Gasteiger partial charge in [0.25, 0.3) is 0 Å². The van der Waals surface area contributed by atoms with E-state index in [2.05, 4.69) is 92.3 Å². The molecule has 0 heterocycles. The van der Waals surface area contributed by atoms with Gasteiger partial charge in [-0.25, -0.2) is 0 Å². The molecule has 1 unspecified atom stereocenters. The zero-order chi connectivity index (χ0) is 15.6. The predicted molar refractivity (Wildman–Crippen MR) is 94.8 cm³/mol. The Labute approximate surface area is 136 Å². The Morgan fingerprint density at radius 2 is 1.38 bits per heavy atom. The van der Waals surface area contributed by atoms with Crippen LogP contribution in [-0.4, -0.2) is 0 Å². The average Bonchev–Trinajstić information content (AvgIpc) is 2.37. The molecule has 1 N–H and O–H groups in total. The maximum Gasteiger partial charge on any atom is 0.0302 e. The first-order chi connectivity index (χ1) is 9.88.